The molecule has 1 fully saturated rings. The number of nitrogens with one attached hydrogen (secondary N) is 2. The first kappa shape index (κ1) is 25.3. The fourth-order valence-electron chi connectivity index (χ4n) is 3.63. The molecule has 0 atom stereocenters. The fraction of sp³-hybridized carbons (Fsp3) is 0.417. The van der Waals surface area contributed by atoms with E-state index in [1.807, 2.05) is 26.0 Å². The van der Waals surface area contributed by atoms with Gasteiger partial charge in [-0.3, -0.25) is 9.59 Å². The van der Waals surface area contributed by atoms with Crippen molar-refractivity contribution in [2.24, 2.45) is 0 Å². The molecule has 0 saturated carbocycles. The van der Waals surface area contributed by atoms with Crippen LogP contribution in [0.5, 0.6) is 0 Å². The van der Waals surface area contributed by atoms with E-state index >= 15 is 0 Å². The van der Waals surface area contributed by atoms with E-state index in [0.717, 1.165) is 24.2 Å². The molecule has 1 aliphatic rings. The molecular weight excluding hydrogens is 458 g/mol. The van der Waals surface area contributed by atoms with Crippen LogP contribution in [0, 0.1) is 0 Å². The number of hydrogen-bond donors (Lipinski definition) is 2. The second-order valence-electron chi connectivity index (χ2n) is 8.30. The van der Waals surface area contributed by atoms with Crippen molar-refractivity contribution in [1.29, 1.82) is 0 Å². The van der Waals surface area contributed by atoms with Crippen LogP contribution in [0.1, 0.15) is 49.0 Å². The summed E-state index contributed by atoms with van der Waals surface area (Å²) >= 11 is 1.31. The predicted molar refractivity (Wildman–Crippen MR) is 131 cm³/mol. The van der Waals surface area contributed by atoms with Gasteiger partial charge in [-0.2, -0.15) is 4.31 Å². The Morgan fingerprint density at radius 3 is 2.48 bits per heavy atom. The van der Waals surface area contributed by atoms with Crippen molar-refractivity contribution >= 4 is 33.6 Å². The first-order valence-electron chi connectivity index (χ1n) is 11.2. The summed E-state index contributed by atoms with van der Waals surface area (Å²) in [7, 11) is -3.53. The molecule has 178 valence electrons. The molecule has 1 saturated heterocycles. The van der Waals surface area contributed by atoms with Crippen molar-refractivity contribution in [3.05, 3.63) is 59.7 Å². The number of carbonyl (C=O) groups excluding carboxylic acids is 2. The van der Waals surface area contributed by atoms with Crippen LogP contribution in [0.3, 0.4) is 0 Å². The quantitative estimate of drug-likeness (QED) is 0.527. The lowest BCUT2D eigenvalue weighted by Gasteiger charge is -2.26. The van der Waals surface area contributed by atoms with Gasteiger partial charge in [-0.1, -0.05) is 30.7 Å². The Balaban J connectivity index is 1.65. The summed E-state index contributed by atoms with van der Waals surface area (Å²) in [6, 6.07) is 13.9. The minimum atomic E-state index is -3.53. The molecule has 0 radical (unpaired) electrons. The SMILES string of the molecule is CC(C)NC(=O)CSc1ccccc1C(=O)NCc1cccc(S(=O)(=O)N2CCCCC2)c1. The molecule has 7 nitrogen and oxygen atoms in total. The summed E-state index contributed by atoms with van der Waals surface area (Å²) in [6.07, 6.45) is 2.82. The Hall–Kier alpha value is -2.36. The molecule has 0 bridgehead atoms. The van der Waals surface area contributed by atoms with Gasteiger partial charge in [0.2, 0.25) is 15.9 Å². The van der Waals surface area contributed by atoms with Gasteiger partial charge in [0.25, 0.3) is 5.91 Å². The van der Waals surface area contributed by atoms with Crippen molar-refractivity contribution in [3.63, 3.8) is 0 Å². The summed E-state index contributed by atoms with van der Waals surface area (Å²) < 4.78 is 27.4. The zero-order valence-corrected chi connectivity index (χ0v) is 20.7. The lowest BCUT2D eigenvalue weighted by atomic mass is 10.2. The van der Waals surface area contributed by atoms with Crippen molar-refractivity contribution in [2.45, 2.75) is 55.5 Å². The highest BCUT2D eigenvalue weighted by Gasteiger charge is 2.26. The van der Waals surface area contributed by atoms with Crippen molar-refractivity contribution in [2.75, 3.05) is 18.8 Å². The Morgan fingerprint density at radius 2 is 1.76 bits per heavy atom. The Kier molecular flexibility index (Phi) is 8.94. The van der Waals surface area contributed by atoms with Gasteiger partial charge in [0.15, 0.2) is 0 Å². The van der Waals surface area contributed by atoms with Gasteiger partial charge >= 0.3 is 0 Å². The number of rotatable bonds is 9. The minimum Gasteiger partial charge on any atom is -0.353 e. The first-order chi connectivity index (χ1) is 15.8. The molecule has 2 aromatic rings. The number of amides is 2. The smallest absolute Gasteiger partial charge is 0.252 e. The van der Waals surface area contributed by atoms with Crippen LogP contribution in [0.2, 0.25) is 0 Å². The molecule has 1 heterocycles. The number of carbonyl (C=O) groups is 2. The maximum atomic E-state index is 12.9. The third-order valence-electron chi connectivity index (χ3n) is 5.24. The second-order valence-corrected chi connectivity index (χ2v) is 11.3. The molecular formula is C24H31N3O4S2. The van der Waals surface area contributed by atoms with Crippen LogP contribution in [0.4, 0.5) is 0 Å². The van der Waals surface area contributed by atoms with Gasteiger partial charge in [-0.15, -0.1) is 11.8 Å². The molecule has 0 spiro atoms. The molecule has 1 aliphatic heterocycles. The van der Waals surface area contributed by atoms with E-state index in [1.165, 1.54) is 16.1 Å². The molecule has 2 N–H and O–H groups in total. The van der Waals surface area contributed by atoms with E-state index < -0.39 is 10.0 Å². The van der Waals surface area contributed by atoms with Crippen LogP contribution in [-0.2, 0) is 21.4 Å². The minimum absolute atomic E-state index is 0.0612. The molecule has 0 unspecified atom stereocenters. The summed E-state index contributed by atoms with van der Waals surface area (Å²) in [5.74, 6) is -0.137. The number of benzene rings is 2. The number of nitrogens with zero attached hydrogens (tertiary/aromatic N) is 1. The van der Waals surface area contributed by atoms with Crippen LogP contribution in [-0.4, -0.2) is 49.4 Å². The summed E-state index contributed by atoms with van der Waals surface area (Å²) in [6.45, 7) is 5.10. The highest BCUT2D eigenvalue weighted by atomic mass is 32.2. The van der Waals surface area contributed by atoms with Crippen LogP contribution in [0.15, 0.2) is 58.3 Å². The molecule has 2 amide bonds. The molecule has 0 aliphatic carbocycles. The van der Waals surface area contributed by atoms with Gasteiger partial charge < -0.3 is 10.6 Å². The number of piperidine rings is 1. The van der Waals surface area contributed by atoms with E-state index in [4.69, 9.17) is 0 Å². The van der Waals surface area contributed by atoms with Crippen molar-refractivity contribution in [3.8, 4) is 0 Å². The number of sulfonamides is 1. The average molecular weight is 490 g/mol. The second kappa shape index (κ2) is 11.7. The van der Waals surface area contributed by atoms with Crippen LogP contribution >= 0.6 is 11.8 Å². The predicted octanol–water partition coefficient (Wildman–Crippen LogP) is 3.41. The first-order valence-corrected chi connectivity index (χ1v) is 13.6. The lowest BCUT2D eigenvalue weighted by molar-refractivity contribution is -0.119. The molecule has 0 aromatic heterocycles. The lowest BCUT2D eigenvalue weighted by Crippen LogP contribution is -2.35. The van der Waals surface area contributed by atoms with Gasteiger partial charge in [-0.25, -0.2) is 8.42 Å². The third kappa shape index (κ3) is 7.06. The fourth-order valence-corrected chi connectivity index (χ4v) is 6.08. The molecule has 9 heteroatoms. The standard InChI is InChI=1S/C24H31N3O4S2/c1-18(2)26-23(28)17-32-22-12-5-4-11-21(22)24(29)25-16-19-9-8-10-20(15-19)33(30,31)27-13-6-3-7-14-27/h4-5,8-12,15,18H,3,6-7,13-14,16-17H2,1-2H3,(H,25,29)(H,26,28). The zero-order valence-electron chi connectivity index (χ0n) is 19.0. The Labute approximate surface area is 200 Å². The summed E-state index contributed by atoms with van der Waals surface area (Å²) in [5, 5.41) is 5.71. The van der Waals surface area contributed by atoms with Gasteiger partial charge in [0.05, 0.1) is 16.2 Å². The zero-order chi connectivity index (χ0) is 23.8. The van der Waals surface area contributed by atoms with Crippen molar-refractivity contribution in [1.82, 2.24) is 14.9 Å². The maximum absolute atomic E-state index is 12.9. The number of hydrogen-bond acceptors (Lipinski definition) is 5. The van der Waals surface area contributed by atoms with E-state index in [2.05, 4.69) is 10.6 Å². The van der Waals surface area contributed by atoms with Gasteiger partial charge in [0.1, 0.15) is 0 Å². The van der Waals surface area contributed by atoms with Crippen LogP contribution in [0.25, 0.3) is 0 Å². The van der Waals surface area contributed by atoms with Crippen molar-refractivity contribution < 1.29 is 18.0 Å². The Morgan fingerprint density at radius 1 is 1.03 bits per heavy atom. The highest BCUT2D eigenvalue weighted by Crippen LogP contribution is 2.23. The summed E-state index contributed by atoms with van der Waals surface area (Å²) in [5.41, 5.74) is 1.19. The topological polar surface area (TPSA) is 95.6 Å². The maximum Gasteiger partial charge on any atom is 0.252 e. The monoisotopic (exact) mass is 489 g/mol. The largest absolute Gasteiger partial charge is 0.353 e. The van der Waals surface area contributed by atoms with E-state index in [1.54, 1.807) is 36.4 Å². The van der Waals surface area contributed by atoms with Gasteiger partial charge in [0, 0.05) is 30.6 Å². The highest BCUT2D eigenvalue weighted by molar-refractivity contribution is 8.00. The molecule has 3 rings (SSSR count). The normalized spacial score (nSPS) is 14.8. The average Bonchev–Trinajstić information content (AvgIpc) is 2.81. The van der Waals surface area contributed by atoms with E-state index in [-0.39, 0.29) is 35.0 Å². The number of thioether (sulfide) groups is 1. The summed E-state index contributed by atoms with van der Waals surface area (Å²) in [4.78, 5) is 25.8. The van der Waals surface area contributed by atoms with Gasteiger partial charge in [-0.05, 0) is 56.5 Å². The Bertz CT molecular complexity index is 1080. The van der Waals surface area contributed by atoms with E-state index in [0.29, 0.717) is 24.2 Å². The third-order valence-corrected chi connectivity index (χ3v) is 8.21. The van der Waals surface area contributed by atoms with E-state index in [9.17, 15) is 18.0 Å². The molecule has 2 aromatic carbocycles. The molecule has 33 heavy (non-hydrogen) atoms. The van der Waals surface area contributed by atoms with Crippen LogP contribution < -0.4 is 10.6 Å².